The molecule has 0 aromatic carbocycles. The second-order valence-electron chi connectivity index (χ2n) is 3.84. The quantitative estimate of drug-likeness (QED) is 0.492. The molecule has 0 aliphatic carbocycles. The van der Waals surface area contributed by atoms with E-state index in [9.17, 15) is 0 Å². The molecule has 3 saturated heterocycles. The highest BCUT2D eigenvalue weighted by Gasteiger charge is 2.66. The van der Waals surface area contributed by atoms with Crippen molar-refractivity contribution < 1.29 is 0 Å². The predicted molar refractivity (Wildman–Crippen MR) is 36.2 cm³/mol. The van der Waals surface area contributed by atoms with Gasteiger partial charge in [-0.1, -0.05) is 0 Å². The lowest BCUT2D eigenvalue weighted by atomic mass is 9.69. The fourth-order valence-electron chi connectivity index (χ4n) is 3.06. The molecule has 0 N–H and O–H groups in total. The zero-order valence-electron chi connectivity index (χ0n) is 5.88. The summed E-state index contributed by atoms with van der Waals surface area (Å²) < 4.78 is 0. The van der Waals surface area contributed by atoms with Gasteiger partial charge >= 0.3 is 0 Å². The maximum absolute atomic E-state index is 8.84. The van der Waals surface area contributed by atoms with Crippen molar-refractivity contribution in [2.24, 2.45) is 0 Å². The average Bonchev–Trinajstić information content (AvgIpc) is 2.15. The lowest BCUT2D eigenvalue weighted by Gasteiger charge is -2.62. The van der Waals surface area contributed by atoms with Gasteiger partial charge in [0.2, 0.25) is 0 Å². The third-order valence-corrected chi connectivity index (χ3v) is 3.47. The van der Waals surface area contributed by atoms with Gasteiger partial charge in [-0.15, -0.1) is 0 Å². The Bertz CT molecular complexity index is 214. The summed E-state index contributed by atoms with van der Waals surface area (Å²) in [6.45, 7) is 0. The van der Waals surface area contributed by atoms with Crippen LogP contribution in [-0.4, -0.2) is 22.5 Å². The second-order valence-corrected chi connectivity index (χ2v) is 3.84. The molecule has 0 saturated carbocycles. The van der Waals surface area contributed by atoms with Crippen LogP contribution in [0.15, 0.2) is 0 Å². The molecule has 3 fully saturated rings. The Morgan fingerprint density at radius 1 is 1.30 bits per heavy atom. The summed E-state index contributed by atoms with van der Waals surface area (Å²) in [5.74, 6) is 0. The van der Waals surface area contributed by atoms with Gasteiger partial charge in [0, 0.05) is 12.1 Å². The van der Waals surface area contributed by atoms with Gasteiger partial charge in [-0.2, -0.15) is 5.26 Å². The molecular weight excluding hydrogens is 124 g/mol. The number of nitriles is 1. The Morgan fingerprint density at radius 3 is 2.40 bits per heavy atom. The van der Waals surface area contributed by atoms with Crippen LogP contribution >= 0.6 is 0 Å². The highest BCUT2D eigenvalue weighted by Crippen LogP contribution is 2.57. The maximum Gasteiger partial charge on any atom is 0.112 e. The first-order valence-electron chi connectivity index (χ1n) is 4.05. The van der Waals surface area contributed by atoms with Crippen molar-refractivity contribution in [3.63, 3.8) is 0 Å². The van der Waals surface area contributed by atoms with Crippen LogP contribution in [0.1, 0.15) is 25.7 Å². The summed E-state index contributed by atoms with van der Waals surface area (Å²) in [4.78, 5) is 2.44. The van der Waals surface area contributed by atoms with Crippen molar-refractivity contribution in [2.75, 3.05) is 0 Å². The van der Waals surface area contributed by atoms with Gasteiger partial charge in [0.1, 0.15) is 5.54 Å². The topological polar surface area (TPSA) is 27.0 Å². The monoisotopic (exact) mass is 134 g/mol. The molecule has 0 radical (unpaired) electrons. The Hall–Kier alpha value is -0.550. The van der Waals surface area contributed by atoms with E-state index in [1.807, 2.05) is 0 Å². The summed E-state index contributed by atoms with van der Waals surface area (Å²) in [5.41, 5.74) is 0.0475. The van der Waals surface area contributed by atoms with E-state index < -0.39 is 0 Å². The van der Waals surface area contributed by atoms with E-state index in [0.29, 0.717) is 0 Å². The van der Waals surface area contributed by atoms with Crippen molar-refractivity contribution in [2.45, 2.75) is 43.3 Å². The molecule has 0 aromatic heterocycles. The largest absolute Gasteiger partial charge is 0.279 e. The molecule has 2 heteroatoms. The third kappa shape index (κ3) is 0.313. The minimum Gasteiger partial charge on any atom is -0.279 e. The molecule has 3 heterocycles. The molecule has 0 amide bonds. The van der Waals surface area contributed by atoms with E-state index in [1.165, 1.54) is 25.7 Å². The van der Waals surface area contributed by atoms with E-state index in [0.717, 1.165) is 12.1 Å². The molecule has 3 aliphatic heterocycles. The van der Waals surface area contributed by atoms with Crippen molar-refractivity contribution >= 4 is 0 Å². The molecular formula is C8H10N2. The molecule has 0 spiro atoms. The van der Waals surface area contributed by atoms with Crippen LogP contribution in [0.3, 0.4) is 0 Å². The molecule has 10 heavy (non-hydrogen) atoms. The van der Waals surface area contributed by atoms with Crippen molar-refractivity contribution in [1.29, 1.82) is 5.26 Å². The van der Waals surface area contributed by atoms with Crippen LogP contribution in [-0.2, 0) is 0 Å². The average molecular weight is 134 g/mol. The molecule has 3 rings (SSSR count). The van der Waals surface area contributed by atoms with Gasteiger partial charge in [-0.3, -0.25) is 4.90 Å². The number of hydrogen-bond donors (Lipinski definition) is 0. The van der Waals surface area contributed by atoms with Gasteiger partial charge in [0.25, 0.3) is 0 Å². The minimum atomic E-state index is 0.0475. The Labute approximate surface area is 60.4 Å². The maximum atomic E-state index is 8.84. The van der Waals surface area contributed by atoms with E-state index in [2.05, 4.69) is 11.0 Å². The summed E-state index contributed by atoms with van der Waals surface area (Å²) in [7, 11) is 0. The highest BCUT2D eigenvalue weighted by atomic mass is 15.4. The Morgan fingerprint density at radius 2 is 1.90 bits per heavy atom. The van der Waals surface area contributed by atoms with Crippen LogP contribution in [0.5, 0.6) is 0 Å². The van der Waals surface area contributed by atoms with Crippen LogP contribution < -0.4 is 0 Å². The molecule has 52 valence electrons. The van der Waals surface area contributed by atoms with Gasteiger partial charge in [0.05, 0.1) is 6.07 Å². The Balaban J connectivity index is 1.97. The normalized spacial score (nSPS) is 56.3. The van der Waals surface area contributed by atoms with E-state index in [-0.39, 0.29) is 5.54 Å². The van der Waals surface area contributed by atoms with Crippen LogP contribution in [0.25, 0.3) is 0 Å². The zero-order valence-corrected chi connectivity index (χ0v) is 5.88. The predicted octanol–water partition coefficient (Wildman–Crippen LogP) is 0.889. The SMILES string of the molecule is N#CC12CC3CCC(C1)N32. The molecule has 3 aliphatic rings. The number of rotatable bonds is 0. The number of piperidine rings is 1. The second kappa shape index (κ2) is 1.24. The van der Waals surface area contributed by atoms with Crippen LogP contribution in [0.4, 0.5) is 0 Å². The van der Waals surface area contributed by atoms with Crippen molar-refractivity contribution in [3.8, 4) is 6.07 Å². The van der Waals surface area contributed by atoms with E-state index in [4.69, 9.17) is 5.26 Å². The first-order chi connectivity index (χ1) is 4.86. The van der Waals surface area contributed by atoms with Gasteiger partial charge in [-0.05, 0) is 25.7 Å². The first kappa shape index (κ1) is 5.15. The molecule has 0 bridgehead atoms. The van der Waals surface area contributed by atoms with Crippen molar-refractivity contribution in [1.82, 2.24) is 4.90 Å². The smallest absolute Gasteiger partial charge is 0.112 e. The van der Waals surface area contributed by atoms with Gasteiger partial charge < -0.3 is 0 Å². The van der Waals surface area contributed by atoms with Crippen LogP contribution in [0, 0.1) is 11.3 Å². The highest BCUT2D eigenvalue weighted by molar-refractivity contribution is 5.30. The van der Waals surface area contributed by atoms with E-state index >= 15 is 0 Å². The van der Waals surface area contributed by atoms with Gasteiger partial charge in [0.15, 0.2) is 0 Å². The molecule has 0 aromatic rings. The Kier molecular flexibility index (Phi) is 0.638. The molecule has 2 atom stereocenters. The minimum absolute atomic E-state index is 0.0475. The molecule has 2 nitrogen and oxygen atoms in total. The molecule has 2 unspecified atom stereocenters. The lowest BCUT2D eigenvalue weighted by Crippen LogP contribution is -2.74. The van der Waals surface area contributed by atoms with Gasteiger partial charge in [-0.25, -0.2) is 0 Å². The first-order valence-corrected chi connectivity index (χ1v) is 4.05. The fourth-order valence-corrected chi connectivity index (χ4v) is 3.06. The third-order valence-electron chi connectivity index (χ3n) is 3.47. The summed E-state index contributed by atoms with van der Waals surface area (Å²) in [6, 6.07) is 4.05. The summed E-state index contributed by atoms with van der Waals surface area (Å²) >= 11 is 0. The summed E-state index contributed by atoms with van der Waals surface area (Å²) in [5, 5.41) is 8.84. The number of nitrogens with zero attached hydrogens (tertiary/aromatic N) is 2. The summed E-state index contributed by atoms with van der Waals surface area (Å²) in [6.07, 6.45) is 5.04. The zero-order chi connectivity index (χ0) is 6.77. The van der Waals surface area contributed by atoms with Crippen molar-refractivity contribution in [3.05, 3.63) is 0 Å². The number of hydrogen-bond acceptors (Lipinski definition) is 2. The standard InChI is InChI=1S/C8H10N2/c9-5-8-3-6-1-2-7(4-8)10(6)8/h6-7H,1-4H2. The van der Waals surface area contributed by atoms with E-state index in [1.54, 1.807) is 0 Å². The van der Waals surface area contributed by atoms with Crippen LogP contribution in [0.2, 0.25) is 0 Å². The fraction of sp³-hybridized carbons (Fsp3) is 0.875. The lowest BCUT2D eigenvalue weighted by molar-refractivity contribution is -0.126.